The Bertz CT molecular complexity index is 608. The fourth-order valence-corrected chi connectivity index (χ4v) is 2.43. The van der Waals surface area contributed by atoms with Crippen molar-refractivity contribution in [2.75, 3.05) is 0 Å². The summed E-state index contributed by atoms with van der Waals surface area (Å²) in [5, 5.41) is 3.07. The van der Waals surface area contributed by atoms with Crippen LogP contribution in [0.25, 0.3) is 0 Å². The van der Waals surface area contributed by atoms with E-state index in [1.807, 2.05) is 81.4 Å². The van der Waals surface area contributed by atoms with Crippen molar-refractivity contribution in [2.24, 2.45) is 11.1 Å². The molecule has 0 aromatic heterocycles. The summed E-state index contributed by atoms with van der Waals surface area (Å²) in [6.45, 7) is 5.76. The van der Waals surface area contributed by atoms with Gasteiger partial charge in [-0.05, 0) is 31.9 Å². The van der Waals surface area contributed by atoms with Gasteiger partial charge in [0, 0.05) is 6.04 Å². The molecule has 0 saturated carbocycles. The number of hydrogen-bond donors (Lipinski definition) is 2. The summed E-state index contributed by atoms with van der Waals surface area (Å²) in [4.78, 5) is 12.7. The molecule has 0 heterocycles. The number of rotatable bonds is 5. The summed E-state index contributed by atoms with van der Waals surface area (Å²) in [7, 11) is 0. The topological polar surface area (TPSA) is 55.1 Å². The minimum atomic E-state index is -0.690. The van der Waals surface area contributed by atoms with Gasteiger partial charge in [0.1, 0.15) is 0 Å². The highest BCUT2D eigenvalue weighted by Gasteiger charge is 2.36. The van der Waals surface area contributed by atoms with Gasteiger partial charge in [-0.15, -0.1) is 0 Å². The van der Waals surface area contributed by atoms with E-state index in [2.05, 4.69) is 5.32 Å². The highest BCUT2D eigenvalue weighted by molar-refractivity contribution is 5.83. The zero-order chi connectivity index (χ0) is 16.2. The van der Waals surface area contributed by atoms with Crippen molar-refractivity contribution in [1.82, 2.24) is 5.32 Å². The van der Waals surface area contributed by atoms with E-state index in [4.69, 9.17) is 5.73 Å². The van der Waals surface area contributed by atoms with Crippen LogP contribution in [0, 0.1) is 5.41 Å². The lowest BCUT2D eigenvalue weighted by molar-refractivity contribution is -0.131. The first kappa shape index (κ1) is 16.2. The summed E-state index contributed by atoms with van der Waals surface area (Å²) < 4.78 is 0. The first-order valence-corrected chi connectivity index (χ1v) is 7.59. The van der Waals surface area contributed by atoms with Crippen molar-refractivity contribution >= 4 is 5.91 Å². The molecule has 0 aliphatic rings. The maximum absolute atomic E-state index is 12.7. The van der Waals surface area contributed by atoms with E-state index >= 15 is 0 Å². The number of hydrogen-bond acceptors (Lipinski definition) is 2. The van der Waals surface area contributed by atoms with Gasteiger partial charge in [-0.1, -0.05) is 60.7 Å². The third-order valence-electron chi connectivity index (χ3n) is 4.17. The lowest BCUT2D eigenvalue weighted by Crippen LogP contribution is -2.44. The predicted octanol–water partition coefficient (Wildman–Crippen LogP) is 3.59. The summed E-state index contributed by atoms with van der Waals surface area (Å²) >= 11 is 0. The Labute approximate surface area is 132 Å². The van der Waals surface area contributed by atoms with Crippen molar-refractivity contribution in [1.29, 1.82) is 0 Å². The van der Waals surface area contributed by atoms with Gasteiger partial charge in [0.05, 0.1) is 11.5 Å². The Morgan fingerprint density at radius 3 is 1.91 bits per heavy atom. The van der Waals surface area contributed by atoms with Gasteiger partial charge >= 0.3 is 0 Å². The molecule has 0 radical (unpaired) electrons. The summed E-state index contributed by atoms with van der Waals surface area (Å²) in [6, 6.07) is 19.3. The van der Waals surface area contributed by atoms with E-state index in [-0.39, 0.29) is 18.0 Å². The smallest absolute Gasteiger partial charge is 0.228 e. The minimum absolute atomic E-state index is 0.0415. The minimum Gasteiger partial charge on any atom is -0.349 e. The van der Waals surface area contributed by atoms with Crippen LogP contribution >= 0.6 is 0 Å². The normalized spacial score (nSPS) is 14.2. The largest absolute Gasteiger partial charge is 0.349 e. The van der Waals surface area contributed by atoms with Crippen LogP contribution in [-0.2, 0) is 4.79 Å². The molecule has 0 fully saturated rings. The fourth-order valence-electron chi connectivity index (χ4n) is 2.43. The number of carbonyl (C=O) groups is 1. The van der Waals surface area contributed by atoms with Gasteiger partial charge in [0.25, 0.3) is 0 Å². The quantitative estimate of drug-likeness (QED) is 0.886. The van der Waals surface area contributed by atoms with Crippen molar-refractivity contribution in [3.63, 3.8) is 0 Å². The van der Waals surface area contributed by atoms with Crippen LogP contribution in [0.4, 0.5) is 0 Å². The second-order valence-corrected chi connectivity index (χ2v) is 6.22. The maximum atomic E-state index is 12.7. The molecule has 0 bridgehead atoms. The Hall–Kier alpha value is -2.13. The van der Waals surface area contributed by atoms with Crippen LogP contribution < -0.4 is 11.1 Å². The molecule has 3 N–H and O–H groups in total. The van der Waals surface area contributed by atoms with Crippen LogP contribution in [0.15, 0.2) is 60.7 Å². The Morgan fingerprint density at radius 2 is 1.41 bits per heavy atom. The number of nitrogens with one attached hydrogen (secondary N) is 1. The Balaban J connectivity index is 2.10. The lowest BCUT2D eigenvalue weighted by Gasteiger charge is -2.32. The van der Waals surface area contributed by atoms with Gasteiger partial charge in [0.2, 0.25) is 5.91 Å². The number of carbonyl (C=O) groups excluding carboxylic acids is 1. The van der Waals surface area contributed by atoms with E-state index in [0.29, 0.717) is 0 Å². The third-order valence-corrected chi connectivity index (χ3v) is 4.17. The molecule has 3 heteroatoms. The predicted molar refractivity (Wildman–Crippen MR) is 90.2 cm³/mol. The van der Waals surface area contributed by atoms with Crippen molar-refractivity contribution in [3.05, 3.63) is 71.8 Å². The van der Waals surface area contributed by atoms with E-state index in [9.17, 15) is 4.79 Å². The lowest BCUT2D eigenvalue weighted by atomic mass is 9.80. The van der Waals surface area contributed by atoms with Gasteiger partial charge in [-0.25, -0.2) is 0 Å². The summed E-state index contributed by atoms with van der Waals surface area (Å²) in [6.07, 6.45) is 0. The van der Waals surface area contributed by atoms with Crippen LogP contribution in [-0.4, -0.2) is 5.91 Å². The molecule has 0 spiro atoms. The van der Waals surface area contributed by atoms with Crippen LogP contribution in [0.3, 0.4) is 0 Å². The van der Waals surface area contributed by atoms with Crippen molar-refractivity contribution in [2.45, 2.75) is 32.9 Å². The molecule has 0 aliphatic heterocycles. The summed E-state index contributed by atoms with van der Waals surface area (Å²) in [5.74, 6) is -0.0415. The molecule has 0 aliphatic carbocycles. The number of amides is 1. The van der Waals surface area contributed by atoms with Gasteiger partial charge < -0.3 is 11.1 Å². The highest BCUT2D eigenvalue weighted by Crippen LogP contribution is 2.32. The molecule has 2 aromatic rings. The molecule has 1 amide bonds. The van der Waals surface area contributed by atoms with Gasteiger partial charge in [-0.3, -0.25) is 4.79 Å². The fraction of sp³-hybridized carbons (Fsp3) is 0.316. The zero-order valence-electron chi connectivity index (χ0n) is 13.4. The molecule has 0 saturated heterocycles. The molecule has 3 nitrogen and oxygen atoms in total. The average Bonchev–Trinajstić information content (AvgIpc) is 2.55. The standard InChI is InChI=1S/C19H24N2O/c1-14(15-10-6-4-7-11-15)21-18(22)19(2,3)17(20)16-12-8-5-9-13-16/h4-14,17H,20H2,1-3H3,(H,21,22)/t14-,17?/m1/s1. The second-order valence-electron chi connectivity index (χ2n) is 6.22. The number of benzene rings is 2. The highest BCUT2D eigenvalue weighted by atomic mass is 16.2. The van der Waals surface area contributed by atoms with Crippen molar-refractivity contribution in [3.8, 4) is 0 Å². The van der Waals surface area contributed by atoms with E-state index in [1.165, 1.54) is 0 Å². The molecule has 22 heavy (non-hydrogen) atoms. The summed E-state index contributed by atoms with van der Waals surface area (Å²) in [5.41, 5.74) is 7.69. The Morgan fingerprint density at radius 1 is 0.955 bits per heavy atom. The van der Waals surface area contributed by atoms with Crippen LogP contribution in [0.5, 0.6) is 0 Å². The number of nitrogens with two attached hydrogens (primary N) is 1. The third kappa shape index (κ3) is 3.55. The zero-order valence-corrected chi connectivity index (χ0v) is 13.4. The molecular weight excluding hydrogens is 272 g/mol. The molecule has 116 valence electrons. The Kier molecular flexibility index (Phi) is 4.99. The SMILES string of the molecule is C[C@@H](NC(=O)C(C)(C)C(N)c1ccccc1)c1ccccc1. The first-order valence-electron chi connectivity index (χ1n) is 7.59. The van der Waals surface area contributed by atoms with E-state index < -0.39 is 5.41 Å². The van der Waals surface area contributed by atoms with Crippen LogP contribution in [0.2, 0.25) is 0 Å². The second kappa shape index (κ2) is 6.75. The van der Waals surface area contributed by atoms with Crippen LogP contribution in [0.1, 0.15) is 44.0 Å². The van der Waals surface area contributed by atoms with E-state index in [1.54, 1.807) is 0 Å². The monoisotopic (exact) mass is 296 g/mol. The molecule has 2 atom stereocenters. The average molecular weight is 296 g/mol. The van der Waals surface area contributed by atoms with E-state index in [0.717, 1.165) is 11.1 Å². The molecule has 2 rings (SSSR count). The first-order chi connectivity index (χ1) is 10.4. The molecule has 1 unspecified atom stereocenters. The maximum Gasteiger partial charge on any atom is 0.228 e. The molecule has 2 aromatic carbocycles. The molecular formula is C19H24N2O. The van der Waals surface area contributed by atoms with Crippen molar-refractivity contribution < 1.29 is 4.79 Å². The van der Waals surface area contributed by atoms with Gasteiger partial charge in [-0.2, -0.15) is 0 Å². The van der Waals surface area contributed by atoms with Gasteiger partial charge in [0.15, 0.2) is 0 Å².